The van der Waals surface area contributed by atoms with E-state index in [2.05, 4.69) is 5.32 Å². The number of nitrogens with one attached hydrogen (secondary N) is 1. The van der Waals surface area contributed by atoms with Gasteiger partial charge >= 0.3 is 5.97 Å². The second-order valence-corrected chi connectivity index (χ2v) is 5.38. The van der Waals surface area contributed by atoms with Gasteiger partial charge in [0.2, 0.25) is 0 Å². The Hall–Kier alpha value is -3.02. The molecule has 0 radical (unpaired) electrons. The van der Waals surface area contributed by atoms with Crippen LogP contribution in [0.1, 0.15) is 12.5 Å². The number of ether oxygens (including phenoxy) is 3. The maximum Gasteiger partial charge on any atom is 0.344 e. The predicted molar refractivity (Wildman–Crippen MR) is 93.9 cm³/mol. The highest BCUT2D eigenvalue weighted by Crippen LogP contribution is 2.25. The zero-order chi connectivity index (χ0) is 18.2. The van der Waals surface area contributed by atoms with Crippen molar-refractivity contribution >= 4 is 17.6 Å². The van der Waals surface area contributed by atoms with Gasteiger partial charge in [-0.1, -0.05) is 30.3 Å². The van der Waals surface area contributed by atoms with Gasteiger partial charge in [-0.2, -0.15) is 0 Å². The molecule has 0 heterocycles. The number of aryl methyl sites for hydroxylation is 1. The summed E-state index contributed by atoms with van der Waals surface area (Å²) in [4.78, 5) is 24.0. The van der Waals surface area contributed by atoms with E-state index in [9.17, 15) is 9.59 Å². The van der Waals surface area contributed by atoms with Crippen LogP contribution in [-0.2, 0) is 14.3 Å². The number of carbonyl (C=O) groups excluding carboxylic acids is 2. The second-order valence-electron chi connectivity index (χ2n) is 5.38. The molecule has 0 saturated carbocycles. The van der Waals surface area contributed by atoms with Crippen LogP contribution in [0.25, 0.3) is 0 Å². The van der Waals surface area contributed by atoms with Gasteiger partial charge in [-0.05, 0) is 37.6 Å². The number of hydrogen-bond donors (Lipinski definition) is 1. The lowest BCUT2D eigenvalue weighted by Crippen LogP contribution is -2.31. The fourth-order valence-corrected chi connectivity index (χ4v) is 2.11. The quantitative estimate of drug-likeness (QED) is 0.783. The minimum absolute atomic E-state index is 0.317. The van der Waals surface area contributed by atoms with E-state index >= 15 is 0 Å². The molecule has 2 rings (SSSR count). The van der Waals surface area contributed by atoms with Crippen LogP contribution >= 0.6 is 0 Å². The van der Waals surface area contributed by atoms with Crippen LogP contribution < -0.4 is 14.8 Å². The van der Waals surface area contributed by atoms with Gasteiger partial charge in [0, 0.05) is 5.69 Å². The first-order valence-corrected chi connectivity index (χ1v) is 7.83. The molecular formula is C19H21NO5. The van der Waals surface area contributed by atoms with E-state index in [1.807, 2.05) is 25.1 Å². The predicted octanol–water partition coefficient (Wildman–Crippen LogP) is 2.95. The second kappa shape index (κ2) is 8.73. The van der Waals surface area contributed by atoms with Gasteiger partial charge in [-0.25, -0.2) is 4.79 Å². The van der Waals surface area contributed by atoms with Gasteiger partial charge in [0.05, 0.1) is 7.11 Å². The molecule has 0 aliphatic heterocycles. The number of rotatable bonds is 7. The van der Waals surface area contributed by atoms with E-state index in [0.717, 1.165) is 5.56 Å². The average molecular weight is 343 g/mol. The lowest BCUT2D eigenvalue weighted by molar-refractivity contribution is -0.155. The van der Waals surface area contributed by atoms with Crippen LogP contribution in [-0.4, -0.2) is 31.7 Å². The number of methoxy groups -OCH3 is 1. The number of esters is 1. The summed E-state index contributed by atoms with van der Waals surface area (Å²) >= 11 is 0. The Morgan fingerprint density at radius 2 is 1.68 bits per heavy atom. The molecule has 1 unspecified atom stereocenters. The molecule has 2 aromatic rings. The molecule has 0 saturated heterocycles. The minimum atomic E-state index is -0.937. The maximum absolute atomic E-state index is 12.1. The average Bonchev–Trinajstić information content (AvgIpc) is 2.62. The third-order valence-electron chi connectivity index (χ3n) is 3.49. The number of hydrogen-bond acceptors (Lipinski definition) is 5. The number of amides is 1. The van der Waals surface area contributed by atoms with Gasteiger partial charge in [-0.3, -0.25) is 4.79 Å². The third-order valence-corrected chi connectivity index (χ3v) is 3.49. The standard InChI is InChI=1S/C19H21NO5/c1-13-8-4-5-9-15(13)20-19(22)14(2)25-18(21)12-24-17-11-7-6-10-16(17)23-3/h4-11,14H,12H2,1-3H3,(H,20,22). The monoisotopic (exact) mass is 343 g/mol. The van der Waals surface area contributed by atoms with Crippen molar-refractivity contribution in [3.8, 4) is 11.5 Å². The molecule has 1 atom stereocenters. The molecule has 0 fully saturated rings. The van der Waals surface area contributed by atoms with Gasteiger partial charge < -0.3 is 19.5 Å². The smallest absolute Gasteiger partial charge is 0.344 e. The molecule has 0 spiro atoms. The molecule has 2 aromatic carbocycles. The van der Waals surface area contributed by atoms with Crippen LogP contribution in [0.2, 0.25) is 0 Å². The summed E-state index contributed by atoms with van der Waals surface area (Å²) in [5, 5.41) is 2.73. The molecule has 6 nitrogen and oxygen atoms in total. The summed E-state index contributed by atoms with van der Waals surface area (Å²) in [5.41, 5.74) is 1.61. The Labute approximate surface area is 146 Å². The van der Waals surface area contributed by atoms with Crippen LogP contribution in [0.5, 0.6) is 11.5 Å². The molecule has 0 aromatic heterocycles. The van der Waals surface area contributed by atoms with E-state index in [4.69, 9.17) is 14.2 Å². The number of para-hydroxylation sites is 3. The highest BCUT2D eigenvalue weighted by atomic mass is 16.6. The topological polar surface area (TPSA) is 73.9 Å². The van der Waals surface area contributed by atoms with Gasteiger partial charge in [0.15, 0.2) is 24.2 Å². The summed E-state index contributed by atoms with van der Waals surface area (Å²) in [6.45, 7) is 3.07. The first kappa shape index (κ1) is 18.3. The van der Waals surface area contributed by atoms with Gasteiger partial charge in [0.1, 0.15) is 0 Å². The molecule has 0 bridgehead atoms. The van der Waals surface area contributed by atoms with Crippen LogP contribution in [0.4, 0.5) is 5.69 Å². The van der Waals surface area contributed by atoms with Crippen LogP contribution in [0, 0.1) is 6.92 Å². The third kappa shape index (κ3) is 5.24. The molecule has 0 aliphatic rings. The van der Waals surface area contributed by atoms with E-state index in [-0.39, 0.29) is 6.61 Å². The normalized spacial score (nSPS) is 11.3. The summed E-state index contributed by atoms with van der Waals surface area (Å²) in [5.74, 6) is -0.0992. The summed E-state index contributed by atoms with van der Waals surface area (Å²) in [6, 6.07) is 14.3. The van der Waals surface area contributed by atoms with Crippen molar-refractivity contribution in [1.29, 1.82) is 0 Å². The lowest BCUT2D eigenvalue weighted by atomic mass is 10.2. The highest BCUT2D eigenvalue weighted by Gasteiger charge is 2.19. The molecule has 25 heavy (non-hydrogen) atoms. The van der Waals surface area contributed by atoms with Crippen LogP contribution in [0.3, 0.4) is 0 Å². The highest BCUT2D eigenvalue weighted by molar-refractivity contribution is 5.95. The Kier molecular flexibility index (Phi) is 6.39. The first-order valence-electron chi connectivity index (χ1n) is 7.83. The molecule has 6 heteroatoms. The van der Waals surface area contributed by atoms with Gasteiger partial charge in [-0.15, -0.1) is 0 Å². The van der Waals surface area contributed by atoms with Crippen LogP contribution in [0.15, 0.2) is 48.5 Å². The Morgan fingerprint density at radius 3 is 2.36 bits per heavy atom. The zero-order valence-electron chi connectivity index (χ0n) is 14.4. The lowest BCUT2D eigenvalue weighted by Gasteiger charge is -2.15. The SMILES string of the molecule is COc1ccccc1OCC(=O)OC(C)C(=O)Nc1ccccc1C. The molecule has 132 valence electrons. The fourth-order valence-electron chi connectivity index (χ4n) is 2.11. The van der Waals surface area contributed by atoms with E-state index in [1.165, 1.54) is 14.0 Å². The molecule has 1 amide bonds. The van der Waals surface area contributed by atoms with Crippen molar-refractivity contribution in [2.24, 2.45) is 0 Å². The fraction of sp³-hybridized carbons (Fsp3) is 0.263. The van der Waals surface area contributed by atoms with Crippen molar-refractivity contribution in [3.63, 3.8) is 0 Å². The van der Waals surface area contributed by atoms with E-state index in [1.54, 1.807) is 30.3 Å². The minimum Gasteiger partial charge on any atom is -0.493 e. The van der Waals surface area contributed by atoms with Gasteiger partial charge in [0.25, 0.3) is 5.91 Å². The van der Waals surface area contributed by atoms with Crippen molar-refractivity contribution in [2.75, 3.05) is 19.0 Å². The molecular weight excluding hydrogens is 322 g/mol. The summed E-state index contributed by atoms with van der Waals surface area (Å²) in [6.07, 6.45) is -0.937. The summed E-state index contributed by atoms with van der Waals surface area (Å²) < 4.78 is 15.6. The first-order chi connectivity index (χ1) is 12.0. The maximum atomic E-state index is 12.1. The van der Waals surface area contributed by atoms with Crippen molar-refractivity contribution < 1.29 is 23.8 Å². The largest absolute Gasteiger partial charge is 0.493 e. The zero-order valence-corrected chi connectivity index (χ0v) is 14.4. The van der Waals surface area contributed by atoms with Crippen molar-refractivity contribution in [1.82, 2.24) is 0 Å². The molecule has 0 aliphatic carbocycles. The number of benzene rings is 2. The number of carbonyl (C=O) groups is 2. The van der Waals surface area contributed by atoms with Crippen molar-refractivity contribution in [3.05, 3.63) is 54.1 Å². The number of anilines is 1. The Morgan fingerprint density at radius 1 is 1.04 bits per heavy atom. The van der Waals surface area contributed by atoms with E-state index < -0.39 is 18.0 Å². The Bertz CT molecular complexity index is 744. The van der Waals surface area contributed by atoms with E-state index in [0.29, 0.717) is 17.2 Å². The Balaban J connectivity index is 1.85. The summed E-state index contributed by atoms with van der Waals surface area (Å²) in [7, 11) is 1.51. The van der Waals surface area contributed by atoms with Crippen molar-refractivity contribution in [2.45, 2.75) is 20.0 Å². The molecule has 1 N–H and O–H groups in total.